The van der Waals surface area contributed by atoms with Crippen molar-refractivity contribution in [3.05, 3.63) is 29.3 Å². The third kappa shape index (κ3) is 3.56. The van der Waals surface area contributed by atoms with Crippen LogP contribution in [-0.4, -0.2) is 55.7 Å². The number of piperazine rings is 1. The maximum absolute atomic E-state index is 12.8. The van der Waals surface area contributed by atoms with Crippen molar-refractivity contribution < 1.29 is 13.2 Å². The number of hydrogen-bond donors (Lipinski definition) is 0. The van der Waals surface area contributed by atoms with E-state index in [1.807, 2.05) is 6.92 Å². The van der Waals surface area contributed by atoms with E-state index in [2.05, 4.69) is 15.1 Å². The number of hydrogen-bond acceptors (Lipinski definition) is 7. The van der Waals surface area contributed by atoms with Gasteiger partial charge in [0.15, 0.2) is 0 Å². The number of anilines is 1. The summed E-state index contributed by atoms with van der Waals surface area (Å²) >= 11 is 1.64. The molecule has 4 rings (SSSR count). The monoisotopic (exact) mass is 394 g/mol. The molecule has 0 atom stereocenters. The Morgan fingerprint density at radius 3 is 2.42 bits per heavy atom. The Labute approximate surface area is 157 Å². The normalized spacial score (nSPS) is 18.9. The van der Waals surface area contributed by atoms with Gasteiger partial charge in [-0.1, -0.05) is 11.3 Å². The molecule has 0 unspecified atom stereocenters. The molecule has 9 heteroatoms. The summed E-state index contributed by atoms with van der Waals surface area (Å²) < 4.78 is 32.6. The topological polar surface area (TPSA) is 75.6 Å². The Morgan fingerprint density at radius 2 is 1.81 bits per heavy atom. The van der Waals surface area contributed by atoms with Gasteiger partial charge in [0.2, 0.25) is 15.2 Å². The number of ether oxygens (including phenoxy) is 1. The van der Waals surface area contributed by atoms with Gasteiger partial charge in [-0.25, -0.2) is 8.42 Å². The van der Waals surface area contributed by atoms with Gasteiger partial charge in [0, 0.05) is 32.1 Å². The molecule has 0 spiro atoms. The average molecular weight is 395 g/mol. The van der Waals surface area contributed by atoms with Crippen molar-refractivity contribution in [2.24, 2.45) is 0 Å². The van der Waals surface area contributed by atoms with E-state index in [9.17, 15) is 8.42 Å². The molecule has 140 valence electrons. The summed E-state index contributed by atoms with van der Waals surface area (Å²) in [6.07, 6.45) is 2.42. The standard InChI is InChI=1S/C17H22N4O3S2/c1-2-24-14-5-7-15(8-6-14)26(22,23)21-11-9-20(10-12-21)17-19-18-16(25-17)13-3-4-13/h5-8,13H,2-4,9-12H2,1H3. The van der Waals surface area contributed by atoms with Crippen molar-refractivity contribution >= 4 is 26.5 Å². The molecule has 1 saturated heterocycles. The quantitative estimate of drug-likeness (QED) is 0.748. The van der Waals surface area contributed by atoms with Gasteiger partial charge in [-0.2, -0.15) is 4.31 Å². The van der Waals surface area contributed by atoms with Crippen LogP contribution < -0.4 is 9.64 Å². The summed E-state index contributed by atoms with van der Waals surface area (Å²) in [5.74, 6) is 1.28. The number of aromatic nitrogens is 2. The van der Waals surface area contributed by atoms with Gasteiger partial charge in [0.1, 0.15) is 10.8 Å². The van der Waals surface area contributed by atoms with Crippen LogP contribution in [0.3, 0.4) is 0 Å². The zero-order valence-corrected chi connectivity index (χ0v) is 16.3. The van der Waals surface area contributed by atoms with Crippen molar-refractivity contribution in [3.63, 3.8) is 0 Å². The first-order valence-electron chi connectivity index (χ1n) is 8.89. The highest BCUT2D eigenvalue weighted by molar-refractivity contribution is 7.89. The number of benzene rings is 1. The van der Waals surface area contributed by atoms with Crippen molar-refractivity contribution in [1.29, 1.82) is 0 Å². The average Bonchev–Trinajstić information content (AvgIpc) is 3.39. The molecule has 2 aliphatic rings. The van der Waals surface area contributed by atoms with E-state index in [0.29, 0.717) is 49.3 Å². The lowest BCUT2D eigenvalue weighted by Crippen LogP contribution is -2.48. The molecular formula is C17H22N4O3S2. The lowest BCUT2D eigenvalue weighted by Gasteiger charge is -2.33. The summed E-state index contributed by atoms with van der Waals surface area (Å²) in [5, 5.41) is 10.6. The Hall–Kier alpha value is -1.71. The highest BCUT2D eigenvalue weighted by Crippen LogP contribution is 2.42. The molecule has 0 N–H and O–H groups in total. The molecule has 1 aromatic carbocycles. The lowest BCUT2D eigenvalue weighted by molar-refractivity contribution is 0.340. The number of sulfonamides is 1. The van der Waals surface area contributed by atoms with E-state index in [0.717, 1.165) is 10.1 Å². The molecule has 1 aliphatic carbocycles. The third-order valence-electron chi connectivity index (χ3n) is 4.64. The van der Waals surface area contributed by atoms with Gasteiger partial charge in [-0.05, 0) is 44.0 Å². The Morgan fingerprint density at radius 1 is 1.12 bits per heavy atom. The molecule has 7 nitrogen and oxygen atoms in total. The van der Waals surface area contributed by atoms with E-state index in [1.165, 1.54) is 12.8 Å². The van der Waals surface area contributed by atoms with Crippen LogP contribution >= 0.6 is 11.3 Å². The van der Waals surface area contributed by atoms with Crippen LogP contribution in [0.2, 0.25) is 0 Å². The first-order valence-corrected chi connectivity index (χ1v) is 11.1. The lowest BCUT2D eigenvalue weighted by atomic mass is 10.3. The molecular weight excluding hydrogens is 372 g/mol. The van der Waals surface area contributed by atoms with Crippen molar-refractivity contribution in [3.8, 4) is 5.75 Å². The van der Waals surface area contributed by atoms with Gasteiger partial charge in [-0.15, -0.1) is 10.2 Å². The minimum atomic E-state index is -3.48. The van der Waals surface area contributed by atoms with Crippen molar-refractivity contribution in [2.75, 3.05) is 37.7 Å². The van der Waals surface area contributed by atoms with Crippen LogP contribution in [0.1, 0.15) is 30.7 Å². The van der Waals surface area contributed by atoms with Crippen LogP contribution in [0.25, 0.3) is 0 Å². The summed E-state index contributed by atoms with van der Waals surface area (Å²) in [6.45, 7) is 4.63. The molecule has 0 bridgehead atoms. The zero-order valence-electron chi connectivity index (χ0n) is 14.7. The summed E-state index contributed by atoms with van der Waals surface area (Å²) in [5.41, 5.74) is 0. The van der Waals surface area contributed by atoms with Gasteiger partial charge in [0.25, 0.3) is 0 Å². The number of rotatable bonds is 6. The van der Waals surface area contributed by atoms with E-state index in [1.54, 1.807) is 39.9 Å². The zero-order chi connectivity index (χ0) is 18.1. The highest BCUT2D eigenvalue weighted by atomic mass is 32.2. The molecule has 26 heavy (non-hydrogen) atoms. The predicted octanol–water partition coefficient (Wildman–Crippen LogP) is 2.33. The van der Waals surface area contributed by atoms with E-state index in [4.69, 9.17) is 4.74 Å². The molecule has 1 saturated carbocycles. The molecule has 1 aliphatic heterocycles. The fourth-order valence-electron chi connectivity index (χ4n) is 2.99. The van der Waals surface area contributed by atoms with E-state index >= 15 is 0 Å². The number of nitrogens with zero attached hydrogens (tertiary/aromatic N) is 4. The van der Waals surface area contributed by atoms with Gasteiger partial charge in [-0.3, -0.25) is 0 Å². The van der Waals surface area contributed by atoms with Crippen LogP contribution in [0.5, 0.6) is 5.75 Å². The Kier molecular flexibility index (Phi) is 4.85. The molecule has 2 heterocycles. The second-order valence-electron chi connectivity index (χ2n) is 6.49. The Bertz CT molecular complexity index is 854. The van der Waals surface area contributed by atoms with Crippen LogP contribution in [0, 0.1) is 0 Å². The smallest absolute Gasteiger partial charge is 0.243 e. The SMILES string of the molecule is CCOc1ccc(S(=O)(=O)N2CCN(c3nnc(C4CC4)s3)CC2)cc1. The van der Waals surface area contributed by atoms with Crippen LogP contribution in [0.15, 0.2) is 29.2 Å². The largest absolute Gasteiger partial charge is 0.494 e. The maximum Gasteiger partial charge on any atom is 0.243 e. The summed E-state index contributed by atoms with van der Waals surface area (Å²) in [6, 6.07) is 6.62. The van der Waals surface area contributed by atoms with Gasteiger partial charge < -0.3 is 9.64 Å². The van der Waals surface area contributed by atoms with Crippen LogP contribution in [0.4, 0.5) is 5.13 Å². The highest BCUT2D eigenvalue weighted by Gasteiger charge is 2.31. The minimum Gasteiger partial charge on any atom is -0.494 e. The van der Waals surface area contributed by atoms with Gasteiger partial charge >= 0.3 is 0 Å². The third-order valence-corrected chi connectivity index (χ3v) is 7.70. The fourth-order valence-corrected chi connectivity index (χ4v) is 5.48. The van der Waals surface area contributed by atoms with E-state index in [-0.39, 0.29) is 0 Å². The predicted molar refractivity (Wildman–Crippen MR) is 100 cm³/mol. The fraction of sp³-hybridized carbons (Fsp3) is 0.529. The minimum absolute atomic E-state index is 0.307. The second-order valence-corrected chi connectivity index (χ2v) is 9.42. The van der Waals surface area contributed by atoms with Gasteiger partial charge in [0.05, 0.1) is 11.5 Å². The van der Waals surface area contributed by atoms with Crippen molar-refractivity contribution in [1.82, 2.24) is 14.5 Å². The maximum atomic E-state index is 12.8. The summed E-state index contributed by atoms with van der Waals surface area (Å²) in [4.78, 5) is 2.44. The Balaban J connectivity index is 1.41. The molecule has 1 aromatic heterocycles. The summed E-state index contributed by atoms with van der Waals surface area (Å²) in [7, 11) is -3.48. The molecule has 0 amide bonds. The second kappa shape index (κ2) is 7.13. The first kappa shape index (κ1) is 17.7. The van der Waals surface area contributed by atoms with Crippen LogP contribution in [-0.2, 0) is 10.0 Å². The first-order chi connectivity index (χ1) is 12.6. The molecule has 0 radical (unpaired) electrons. The van der Waals surface area contributed by atoms with Crippen molar-refractivity contribution in [2.45, 2.75) is 30.6 Å². The molecule has 2 aromatic rings. The van der Waals surface area contributed by atoms with E-state index < -0.39 is 10.0 Å². The molecule has 2 fully saturated rings.